The Balaban J connectivity index is 2.00. The molecule has 0 aromatic carbocycles. The molecule has 5 heteroatoms. The van der Waals surface area contributed by atoms with Crippen LogP contribution in [0.5, 0.6) is 0 Å². The lowest BCUT2D eigenvalue weighted by Crippen LogP contribution is -2.32. The predicted molar refractivity (Wildman–Crippen MR) is 62.5 cm³/mol. The van der Waals surface area contributed by atoms with E-state index in [0.29, 0.717) is 0 Å². The first-order chi connectivity index (χ1) is 7.58. The van der Waals surface area contributed by atoms with E-state index in [-0.39, 0.29) is 12.0 Å². The lowest BCUT2D eigenvalue weighted by atomic mass is 10.0. The Morgan fingerprint density at radius 2 is 2.50 bits per heavy atom. The van der Waals surface area contributed by atoms with Crippen LogP contribution in [0, 0.1) is 12.8 Å². The predicted octanol–water partition coefficient (Wildman–Crippen LogP) is 1.75. The normalized spacial score (nSPS) is 26.1. The summed E-state index contributed by atoms with van der Waals surface area (Å²) in [5.74, 6) is -0.885. The molecular weight excluding hydrogens is 224 g/mol. The van der Waals surface area contributed by atoms with Gasteiger partial charge in [0, 0.05) is 23.7 Å². The van der Waals surface area contributed by atoms with Crippen LogP contribution < -0.4 is 0 Å². The van der Waals surface area contributed by atoms with Crippen LogP contribution in [-0.2, 0) is 11.3 Å². The number of carbonyl (C=O) groups is 1. The Morgan fingerprint density at radius 3 is 3.00 bits per heavy atom. The van der Waals surface area contributed by atoms with Crippen molar-refractivity contribution in [2.45, 2.75) is 32.9 Å². The Hall–Kier alpha value is -0.940. The topological polar surface area (TPSA) is 53.4 Å². The van der Waals surface area contributed by atoms with Crippen LogP contribution in [0.15, 0.2) is 6.20 Å². The molecule has 4 nitrogen and oxygen atoms in total. The number of aromatic nitrogens is 1. The molecule has 0 bridgehead atoms. The van der Waals surface area contributed by atoms with E-state index < -0.39 is 5.97 Å². The summed E-state index contributed by atoms with van der Waals surface area (Å²) in [5.41, 5.74) is 0. The van der Waals surface area contributed by atoms with Crippen LogP contribution in [0.2, 0.25) is 0 Å². The van der Waals surface area contributed by atoms with E-state index in [2.05, 4.69) is 9.88 Å². The van der Waals surface area contributed by atoms with Crippen molar-refractivity contribution in [3.8, 4) is 0 Å². The number of aliphatic carboxylic acids is 1. The first-order valence-electron chi connectivity index (χ1n) is 5.46. The number of rotatable bonds is 3. The molecule has 0 spiro atoms. The minimum Gasteiger partial charge on any atom is -0.481 e. The van der Waals surface area contributed by atoms with Gasteiger partial charge < -0.3 is 5.11 Å². The second-order valence-electron chi connectivity index (χ2n) is 4.29. The second kappa shape index (κ2) is 4.51. The van der Waals surface area contributed by atoms with Crippen molar-refractivity contribution < 1.29 is 9.90 Å². The van der Waals surface area contributed by atoms with Crippen LogP contribution in [-0.4, -0.2) is 33.5 Å². The molecule has 1 aromatic heterocycles. The Morgan fingerprint density at radius 1 is 1.75 bits per heavy atom. The molecule has 1 aliphatic rings. The SMILES string of the molecule is Cc1ncc(CN2CCC(C(=O)O)C2C)s1. The van der Waals surface area contributed by atoms with E-state index in [0.717, 1.165) is 24.5 Å². The quantitative estimate of drug-likeness (QED) is 0.874. The van der Waals surface area contributed by atoms with Crippen LogP contribution in [0.25, 0.3) is 0 Å². The van der Waals surface area contributed by atoms with Crippen LogP contribution in [0.1, 0.15) is 23.2 Å². The van der Waals surface area contributed by atoms with Crippen LogP contribution >= 0.6 is 11.3 Å². The lowest BCUT2D eigenvalue weighted by Gasteiger charge is -2.21. The van der Waals surface area contributed by atoms with Gasteiger partial charge in [-0.15, -0.1) is 11.3 Å². The number of aryl methyl sites for hydroxylation is 1. The highest BCUT2D eigenvalue weighted by Crippen LogP contribution is 2.27. The molecule has 88 valence electrons. The van der Waals surface area contributed by atoms with Gasteiger partial charge in [-0.05, 0) is 26.8 Å². The maximum Gasteiger partial charge on any atom is 0.308 e. The number of carboxylic acid groups (broad SMARTS) is 1. The zero-order valence-electron chi connectivity index (χ0n) is 9.51. The molecule has 1 fully saturated rings. The van der Waals surface area contributed by atoms with Crippen molar-refractivity contribution >= 4 is 17.3 Å². The highest BCUT2D eigenvalue weighted by Gasteiger charge is 2.35. The van der Waals surface area contributed by atoms with Gasteiger partial charge in [-0.25, -0.2) is 4.98 Å². The molecule has 0 amide bonds. The highest BCUT2D eigenvalue weighted by molar-refractivity contribution is 7.11. The van der Waals surface area contributed by atoms with Gasteiger partial charge in [-0.1, -0.05) is 0 Å². The summed E-state index contributed by atoms with van der Waals surface area (Å²) in [6, 6.07) is 0.125. The number of thiazole rings is 1. The van der Waals surface area contributed by atoms with Crippen molar-refractivity contribution in [2.24, 2.45) is 5.92 Å². The number of nitrogens with zero attached hydrogens (tertiary/aromatic N) is 2. The fraction of sp³-hybridized carbons (Fsp3) is 0.636. The largest absolute Gasteiger partial charge is 0.481 e. The maximum atomic E-state index is 11.0. The van der Waals surface area contributed by atoms with Crippen LogP contribution in [0.4, 0.5) is 0 Å². The summed E-state index contributed by atoms with van der Waals surface area (Å²) in [7, 11) is 0. The second-order valence-corrected chi connectivity index (χ2v) is 5.61. The van der Waals surface area contributed by atoms with Crippen molar-refractivity contribution in [2.75, 3.05) is 6.54 Å². The minimum atomic E-state index is -0.671. The molecule has 2 heterocycles. The monoisotopic (exact) mass is 240 g/mol. The average Bonchev–Trinajstić information content (AvgIpc) is 2.76. The minimum absolute atomic E-state index is 0.125. The highest BCUT2D eigenvalue weighted by atomic mass is 32.1. The summed E-state index contributed by atoms with van der Waals surface area (Å²) in [4.78, 5) is 18.6. The zero-order chi connectivity index (χ0) is 11.7. The smallest absolute Gasteiger partial charge is 0.308 e. The molecule has 1 saturated heterocycles. The van der Waals surface area contributed by atoms with E-state index in [1.54, 1.807) is 11.3 Å². The van der Waals surface area contributed by atoms with Gasteiger partial charge in [-0.3, -0.25) is 9.69 Å². The summed E-state index contributed by atoms with van der Waals surface area (Å²) in [6.45, 7) is 5.69. The number of hydrogen-bond acceptors (Lipinski definition) is 4. The molecular formula is C11H16N2O2S. The van der Waals surface area contributed by atoms with Crippen molar-refractivity contribution in [1.29, 1.82) is 0 Å². The van der Waals surface area contributed by atoms with Gasteiger partial charge in [0.1, 0.15) is 0 Å². The molecule has 2 rings (SSSR count). The number of hydrogen-bond donors (Lipinski definition) is 1. The Bertz CT molecular complexity index is 391. The van der Waals surface area contributed by atoms with Gasteiger partial charge in [0.2, 0.25) is 0 Å². The third-order valence-electron chi connectivity index (χ3n) is 3.23. The van der Waals surface area contributed by atoms with E-state index >= 15 is 0 Å². The zero-order valence-corrected chi connectivity index (χ0v) is 10.3. The third-order valence-corrected chi connectivity index (χ3v) is 4.13. The number of carboxylic acids is 1. The summed E-state index contributed by atoms with van der Waals surface area (Å²) in [5, 5.41) is 10.1. The fourth-order valence-corrected chi connectivity index (χ4v) is 3.06. The lowest BCUT2D eigenvalue weighted by molar-refractivity contribution is -0.142. The summed E-state index contributed by atoms with van der Waals surface area (Å²) < 4.78 is 0. The number of likely N-dealkylation sites (tertiary alicyclic amines) is 1. The summed E-state index contributed by atoms with van der Waals surface area (Å²) >= 11 is 1.69. The van der Waals surface area contributed by atoms with Gasteiger partial charge in [0.05, 0.1) is 10.9 Å². The van der Waals surface area contributed by atoms with E-state index in [1.807, 2.05) is 20.0 Å². The third kappa shape index (κ3) is 2.25. The molecule has 1 N–H and O–H groups in total. The molecule has 0 saturated carbocycles. The molecule has 0 aliphatic carbocycles. The first kappa shape index (κ1) is 11.5. The molecule has 0 radical (unpaired) electrons. The first-order valence-corrected chi connectivity index (χ1v) is 6.27. The van der Waals surface area contributed by atoms with Gasteiger partial charge >= 0.3 is 5.97 Å². The van der Waals surface area contributed by atoms with Crippen LogP contribution in [0.3, 0.4) is 0 Å². The van der Waals surface area contributed by atoms with E-state index in [4.69, 9.17) is 5.11 Å². The fourth-order valence-electron chi connectivity index (χ4n) is 2.24. The molecule has 2 unspecified atom stereocenters. The van der Waals surface area contributed by atoms with Crippen molar-refractivity contribution in [3.05, 3.63) is 16.1 Å². The molecule has 1 aliphatic heterocycles. The van der Waals surface area contributed by atoms with Gasteiger partial charge in [0.25, 0.3) is 0 Å². The van der Waals surface area contributed by atoms with Gasteiger partial charge in [-0.2, -0.15) is 0 Å². The van der Waals surface area contributed by atoms with E-state index in [9.17, 15) is 4.79 Å². The standard InChI is InChI=1S/C11H16N2O2S/c1-7-10(11(14)15)3-4-13(7)6-9-5-12-8(2)16-9/h5,7,10H,3-4,6H2,1-2H3,(H,14,15). The Labute approximate surface area is 98.9 Å². The van der Waals surface area contributed by atoms with Gasteiger partial charge in [0.15, 0.2) is 0 Å². The molecule has 2 atom stereocenters. The maximum absolute atomic E-state index is 11.0. The van der Waals surface area contributed by atoms with Crippen molar-refractivity contribution in [1.82, 2.24) is 9.88 Å². The molecule has 1 aromatic rings. The van der Waals surface area contributed by atoms with Crippen molar-refractivity contribution in [3.63, 3.8) is 0 Å². The average molecular weight is 240 g/mol. The molecule has 16 heavy (non-hydrogen) atoms. The summed E-state index contributed by atoms with van der Waals surface area (Å²) in [6.07, 6.45) is 2.65. The van der Waals surface area contributed by atoms with E-state index in [1.165, 1.54) is 4.88 Å². The Kier molecular flexibility index (Phi) is 3.25.